The molecule has 116 valence electrons. The van der Waals surface area contributed by atoms with E-state index in [0.717, 1.165) is 12.0 Å². The third kappa shape index (κ3) is 3.20. The molecule has 0 bridgehead atoms. The van der Waals surface area contributed by atoms with Crippen LogP contribution < -0.4 is 5.73 Å². The molecule has 21 heavy (non-hydrogen) atoms. The van der Waals surface area contributed by atoms with E-state index in [1.54, 1.807) is 0 Å². The lowest BCUT2D eigenvalue weighted by atomic mass is 9.77. The minimum atomic E-state index is 0.157. The first-order valence-electron chi connectivity index (χ1n) is 8.44. The summed E-state index contributed by atoms with van der Waals surface area (Å²) in [7, 11) is 0. The average Bonchev–Trinajstić information content (AvgIpc) is 2.49. The lowest BCUT2D eigenvalue weighted by molar-refractivity contribution is 0.0176. The van der Waals surface area contributed by atoms with Gasteiger partial charge >= 0.3 is 0 Å². The van der Waals surface area contributed by atoms with E-state index in [1.165, 1.54) is 55.1 Å². The molecule has 0 amide bonds. The molecule has 1 aliphatic carbocycles. The van der Waals surface area contributed by atoms with Crippen LogP contribution in [0.15, 0.2) is 28.7 Å². The number of hydrogen-bond acceptors (Lipinski definition) is 2. The van der Waals surface area contributed by atoms with Crippen LogP contribution in [0.1, 0.15) is 57.1 Å². The van der Waals surface area contributed by atoms with Crippen molar-refractivity contribution < 1.29 is 0 Å². The van der Waals surface area contributed by atoms with Crippen molar-refractivity contribution in [1.82, 2.24) is 4.90 Å². The molecule has 1 aromatic rings. The van der Waals surface area contributed by atoms with Gasteiger partial charge < -0.3 is 5.73 Å². The summed E-state index contributed by atoms with van der Waals surface area (Å²) in [6.45, 7) is 3.37. The fraction of sp³-hybridized carbons (Fsp3) is 0.667. The molecule has 4 atom stereocenters. The van der Waals surface area contributed by atoms with E-state index in [2.05, 4.69) is 52.0 Å². The van der Waals surface area contributed by atoms with Crippen LogP contribution in [0, 0.1) is 5.92 Å². The zero-order valence-electron chi connectivity index (χ0n) is 13.0. The van der Waals surface area contributed by atoms with Crippen molar-refractivity contribution >= 4 is 15.9 Å². The van der Waals surface area contributed by atoms with Gasteiger partial charge in [0.15, 0.2) is 0 Å². The van der Waals surface area contributed by atoms with E-state index in [4.69, 9.17) is 5.73 Å². The number of rotatable bonds is 3. The number of nitrogens with two attached hydrogens (primary N) is 1. The molecule has 2 fully saturated rings. The Kier molecular flexibility index (Phi) is 5.03. The summed E-state index contributed by atoms with van der Waals surface area (Å²) in [4.78, 5) is 2.73. The number of benzene rings is 1. The number of fused-ring (bicyclic) bond motifs is 1. The van der Waals surface area contributed by atoms with E-state index >= 15 is 0 Å². The van der Waals surface area contributed by atoms with Crippen LogP contribution in [0.3, 0.4) is 0 Å². The highest BCUT2D eigenvalue weighted by molar-refractivity contribution is 9.10. The minimum Gasteiger partial charge on any atom is -0.326 e. The summed E-state index contributed by atoms with van der Waals surface area (Å²) in [6.07, 6.45) is 8.34. The van der Waals surface area contributed by atoms with Crippen molar-refractivity contribution in [2.75, 3.05) is 6.54 Å². The van der Waals surface area contributed by atoms with Gasteiger partial charge in [0.25, 0.3) is 0 Å². The van der Waals surface area contributed by atoms with Gasteiger partial charge in [-0.2, -0.15) is 0 Å². The van der Waals surface area contributed by atoms with E-state index in [0.29, 0.717) is 6.04 Å². The fourth-order valence-corrected chi connectivity index (χ4v) is 5.01. The topological polar surface area (TPSA) is 29.3 Å². The summed E-state index contributed by atoms with van der Waals surface area (Å²) < 4.78 is 1.20. The Morgan fingerprint density at radius 2 is 1.86 bits per heavy atom. The quantitative estimate of drug-likeness (QED) is 0.869. The van der Waals surface area contributed by atoms with Crippen LogP contribution in [0.4, 0.5) is 0 Å². The van der Waals surface area contributed by atoms with Gasteiger partial charge in [-0.15, -0.1) is 0 Å². The van der Waals surface area contributed by atoms with Crippen LogP contribution in [0.5, 0.6) is 0 Å². The van der Waals surface area contributed by atoms with E-state index in [1.807, 2.05) is 0 Å². The highest BCUT2D eigenvalue weighted by Crippen LogP contribution is 2.41. The number of likely N-dealkylation sites (tertiary alicyclic amines) is 1. The highest BCUT2D eigenvalue weighted by Gasteiger charge is 2.38. The maximum atomic E-state index is 6.43. The molecule has 1 aliphatic heterocycles. The molecule has 3 heteroatoms. The molecular formula is C18H27BrN2. The summed E-state index contributed by atoms with van der Waals surface area (Å²) in [5.41, 5.74) is 7.79. The fourth-order valence-electron chi connectivity index (χ4n) is 4.49. The Morgan fingerprint density at radius 1 is 1.14 bits per heavy atom. The monoisotopic (exact) mass is 350 g/mol. The normalized spacial score (nSPS) is 29.7. The van der Waals surface area contributed by atoms with Gasteiger partial charge in [0.05, 0.1) is 6.04 Å². The first-order chi connectivity index (χ1) is 10.2. The Hall–Kier alpha value is -0.380. The van der Waals surface area contributed by atoms with Gasteiger partial charge in [-0.25, -0.2) is 0 Å². The minimum absolute atomic E-state index is 0.157. The summed E-state index contributed by atoms with van der Waals surface area (Å²) in [5, 5.41) is 0. The van der Waals surface area contributed by atoms with Crippen molar-refractivity contribution in [1.29, 1.82) is 0 Å². The Labute approximate surface area is 137 Å². The smallest absolute Gasteiger partial charge is 0.0510 e. The molecule has 1 aromatic carbocycles. The Bertz CT molecular complexity index is 472. The van der Waals surface area contributed by atoms with Crippen molar-refractivity contribution in [3.63, 3.8) is 0 Å². The molecule has 2 unspecified atom stereocenters. The predicted molar refractivity (Wildman–Crippen MR) is 92.2 cm³/mol. The van der Waals surface area contributed by atoms with Gasteiger partial charge in [-0.05, 0) is 56.7 Å². The molecule has 1 saturated heterocycles. The maximum absolute atomic E-state index is 6.43. The standard InChI is InChI=1S/C18H27BrN2/c1-13(20)18(15-9-3-4-10-16(15)19)21-12-6-8-14-7-2-5-11-17(14)21/h3-4,9-10,13-14,17-18H,2,5-8,11-12,20H2,1H3/t13?,14-,17-,18?/m1/s1. The molecule has 1 saturated carbocycles. The first kappa shape index (κ1) is 15.5. The largest absolute Gasteiger partial charge is 0.326 e. The Balaban J connectivity index is 1.91. The second-order valence-electron chi connectivity index (χ2n) is 6.82. The Morgan fingerprint density at radius 3 is 2.62 bits per heavy atom. The predicted octanol–water partition coefficient (Wildman–Crippen LogP) is 4.49. The van der Waals surface area contributed by atoms with E-state index in [-0.39, 0.29) is 6.04 Å². The van der Waals surface area contributed by atoms with Gasteiger partial charge in [0, 0.05) is 16.6 Å². The molecule has 0 spiro atoms. The van der Waals surface area contributed by atoms with Crippen molar-refractivity contribution in [3.05, 3.63) is 34.3 Å². The van der Waals surface area contributed by atoms with Crippen molar-refractivity contribution in [3.8, 4) is 0 Å². The average molecular weight is 351 g/mol. The summed E-state index contributed by atoms with van der Waals surface area (Å²) >= 11 is 3.74. The van der Waals surface area contributed by atoms with Crippen molar-refractivity contribution in [2.45, 2.75) is 63.6 Å². The third-order valence-corrected chi connectivity index (χ3v) is 6.09. The van der Waals surface area contributed by atoms with Gasteiger partial charge in [-0.1, -0.05) is 47.0 Å². The maximum Gasteiger partial charge on any atom is 0.0510 e. The molecular weight excluding hydrogens is 324 g/mol. The number of halogens is 1. The molecule has 1 heterocycles. The third-order valence-electron chi connectivity index (χ3n) is 5.37. The first-order valence-corrected chi connectivity index (χ1v) is 9.23. The molecule has 0 aromatic heterocycles. The molecule has 2 nitrogen and oxygen atoms in total. The van der Waals surface area contributed by atoms with Crippen LogP contribution in [0.2, 0.25) is 0 Å². The zero-order chi connectivity index (χ0) is 14.8. The molecule has 0 radical (unpaired) electrons. The number of hydrogen-bond donors (Lipinski definition) is 1. The number of piperidine rings is 1. The number of nitrogens with zero attached hydrogens (tertiary/aromatic N) is 1. The molecule has 3 rings (SSSR count). The summed E-state index contributed by atoms with van der Waals surface area (Å²) in [6, 6.07) is 9.85. The van der Waals surface area contributed by atoms with Gasteiger partial charge in [-0.3, -0.25) is 4.90 Å². The van der Waals surface area contributed by atoms with Crippen LogP contribution in [-0.2, 0) is 0 Å². The molecule has 2 aliphatic rings. The van der Waals surface area contributed by atoms with Gasteiger partial charge in [0.2, 0.25) is 0 Å². The molecule has 2 N–H and O–H groups in total. The second-order valence-corrected chi connectivity index (χ2v) is 7.67. The SMILES string of the molecule is CC(N)C(c1ccccc1Br)N1CCC[C@H]2CCCC[C@H]21. The lowest BCUT2D eigenvalue weighted by Crippen LogP contribution is -2.52. The summed E-state index contributed by atoms with van der Waals surface area (Å²) in [5.74, 6) is 0.899. The zero-order valence-corrected chi connectivity index (χ0v) is 14.6. The van der Waals surface area contributed by atoms with Crippen LogP contribution in [0.25, 0.3) is 0 Å². The van der Waals surface area contributed by atoms with E-state index in [9.17, 15) is 0 Å². The van der Waals surface area contributed by atoms with E-state index < -0.39 is 0 Å². The van der Waals surface area contributed by atoms with Crippen LogP contribution >= 0.6 is 15.9 Å². The van der Waals surface area contributed by atoms with Crippen LogP contribution in [-0.4, -0.2) is 23.5 Å². The lowest BCUT2D eigenvalue weighted by Gasteiger charge is -2.49. The second kappa shape index (κ2) is 6.80. The highest BCUT2D eigenvalue weighted by atomic mass is 79.9. The van der Waals surface area contributed by atoms with Crippen molar-refractivity contribution in [2.24, 2.45) is 11.7 Å². The van der Waals surface area contributed by atoms with Gasteiger partial charge in [0.1, 0.15) is 0 Å².